The molecule has 0 spiro atoms. The molecule has 19 heavy (non-hydrogen) atoms. The van der Waals surface area contributed by atoms with Gasteiger partial charge in [0, 0.05) is 12.7 Å². The standard InChI is InChI=1S/C12H12N2O4S/c1-15-5-8-6-16-9-3-2-7(4-10(9)17-8)11-13-14-12(19)18-11/h2-4,8H,5-6H2,1H3,(H,14,19)/t8-/m1/s1. The van der Waals surface area contributed by atoms with Crippen molar-refractivity contribution in [2.75, 3.05) is 20.3 Å². The first-order chi connectivity index (χ1) is 9.26. The Hall–Kier alpha value is -1.86. The highest BCUT2D eigenvalue weighted by molar-refractivity contribution is 7.71. The van der Waals surface area contributed by atoms with E-state index >= 15 is 0 Å². The average Bonchev–Trinajstić information content (AvgIpc) is 2.85. The van der Waals surface area contributed by atoms with Gasteiger partial charge in [-0.05, 0) is 30.4 Å². The summed E-state index contributed by atoms with van der Waals surface area (Å²) < 4.78 is 21.7. The minimum atomic E-state index is -0.113. The Balaban J connectivity index is 1.90. The van der Waals surface area contributed by atoms with Gasteiger partial charge in [0.2, 0.25) is 5.89 Å². The second kappa shape index (κ2) is 5.02. The largest absolute Gasteiger partial charge is 0.486 e. The van der Waals surface area contributed by atoms with Crippen LogP contribution in [0, 0.1) is 4.84 Å². The Morgan fingerprint density at radius 1 is 1.47 bits per heavy atom. The number of hydrogen-bond donors (Lipinski definition) is 1. The van der Waals surface area contributed by atoms with E-state index in [4.69, 9.17) is 30.8 Å². The van der Waals surface area contributed by atoms with Gasteiger partial charge in [0.05, 0.1) is 6.61 Å². The van der Waals surface area contributed by atoms with Crippen LogP contribution in [0.4, 0.5) is 0 Å². The fourth-order valence-corrected chi connectivity index (χ4v) is 1.99. The molecule has 0 saturated heterocycles. The van der Waals surface area contributed by atoms with Crippen LogP contribution in [0.5, 0.6) is 11.5 Å². The highest BCUT2D eigenvalue weighted by Gasteiger charge is 2.22. The maximum Gasteiger partial charge on any atom is 0.284 e. The number of H-pyrrole nitrogens is 1. The Bertz CT molecular complexity index is 637. The van der Waals surface area contributed by atoms with E-state index in [1.165, 1.54) is 0 Å². The van der Waals surface area contributed by atoms with Crippen LogP contribution in [0.3, 0.4) is 0 Å². The number of fused-ring (bicyclic) bond motifs is 1. The van der Waals surface area contributed by atoms with Gasteiger partial charge in [0.25, 0.3) is 4.84 Å². The van der Waals surface area contributed by atoms with Gasteiger partial charge in [-0.3, -0.25) is 0 Å². The maximum absolute atomic E-state index is 5.79. The highest BCUT2D eigenvalue weighted by atomic mass is 32.1. The summed E-state index contributed by atoms with van der Waals surface area (Å²) in [6, 6.07) is 5.47. The molecule has 1 aromatic carbocycles. The van der Waals surface area contributed by atoms with E-state index in [1.807, 2.05) is 18.2 Å². The minimum Gasteiger partial charge on any atom is -0.486 e. The van der Waals surface area contributed by atoms with Crippen LogP contribution in [-0.4, -0.2) is 36.6 Å². The van der Waals surface area contributed by atoms with Crippen molar-refractivity contribution in [3.05, 3.63) is 23.0 Å². The second-order valence-corrected chi connectivity index (χ2v) is 4.46. The number of nitrogens with zero attached hydrogens (tertiary/aromatic N) is 1. The molecule has 3 rings (SSSR count). The number of hydrogen-bond acceptors (Lipinski definition) is 6. The molecule has 7 heteroatoms. The van der Waals surface area contributed by atoms with Crippen LogP contribution in [0.1, 0.15) is 0 Å². The number of ether oxygens (including phenoxy) is 3. The average molecular weight is 280 g/mol. The summed E-state index contributed by atoms with van der Waals surface area (Å²) in [5.74, 6) is 1.77. The zero-order valence-corrected chi connectivity index (χ0v) is 11.0. The first-order valence-electron chi connectivity index (χ1n) is 5.74. The highest BCUT2D eigenvalue weighted by Crippen LogP contribution is 2.35. The predicted molar refractivity (Wildman–Crippen MR) is 68.9 cm³/mol. The van der Waals surface area contributed by atoms with Gasteiger partial charge in [0.15, 0.2) is 17.6 Å². The summed E-state index contributed by atoms with van der Waals surface area (Å²) in [6.45, 7) is 0.954. The van der Waals surface area contributed by atoms with Gasteiger partial charge in [-0.1, -0.05) is 0 Å². The molecule has 0 unspecified atom stereocenters. The molecule has 0 bridgehead atoms. The molecular weight excluding hydrogens is 268 g/mol. The fraction of sp³-hybridized carbons (Fsp3) is 0.333. The fourth-order valence-electron chi connectivity index (χ4n) is 1.87. The molecule has 1 atom stereocenters. The van der Waals surface area contributed by atoms with Gasteiger partial charge in [0.1, 0.15) is 6.61 Å². The molecule has 2 heterocycles. The van der Waals surface area contributed by atoms with Crippen molar-refractivity contribution in [3.8, 4) is 23.0 Å². The van der Waals surface area contributed by atoms with E-state index in [1.54, 1.807) is 7.11 Å². The van der Waals surface area contributed by atoms with Gasteiger partial charge in [-0.25, -0.2) is 5.10 Å². The zero-order chi connectivity index (χ0) is 13.2. The lowest BCUT2D eigenvalue weighted by Gasteiger charge is -2.26. The summed E-state index contributed by atoms with van der Waals surface area (Å²) in [7, 11) is 1.63. The number of methoxy groups -OCH3 is 1. The van der Waals surface area contributed by atoms with Crippen molar-refractivity contribution < 1.29 is 18.6 Å². The molecule has 1 aliphatic rings. The third-order valence-corrected chi connectivity index (χ3v) is 2.87. The van der Waals surface area contributed by atoms with E-state index in [9.17, 15) is 0 Å². The quantitative estimate of drug-likeness (QED) is 0.869. The molecule has 0 radical (unpaired) electrons. The lowest BCUT2D eigenvalue weighted by Crippen LogP contribution is -2.32. The lowest BCUT2D eigenvalue weighted by atomic mass is 10.2. The SMILES string of the molecule is COC[C@@H]1COc2ccc(-c3n[nH]c(=S)o3)cc2O1. The summed E-state index contributed by atoms with van der Waals surface area (Å²) in [4.78, 5) is 0.238. The summed E-state index contributed by atoms with van der Waals surface area (Å²) in [5, 5.41) is 6.56. The maximum atomic E-state index is 5.79. The van der Waals surface area contributed by atoms with Crippen molar-refractivity contribution >= 4 is 12.2 Å². The lowest BCUT2D eigenvalue weighted by molar-refractivity contribution is 0.0272. The minimum absolute atomic E-state index is 0.113. The van der Waals surface area contributed by atoms with E-state index < -0.39 is 0 Å². The number of aromatic amines is 1. The molecule has 2 aromatic rings. The topological polar surface area (TPSA) is 69.5 Å². The van der Waals surface area contributed by atoms with Crippen molar-refractivity contribution in [3.63, 3.8) is 0 Å². The van der Waals surface area contributed by atoms with Crippen molar-refractivity contribution in [1.82, 2.24) is 10.2 Å². The molecule has 0 fully saturated rings. The summed E-state index contributed by atoms with van der Waals surface area (Å²) >= 11 is 4.85. The number of benzene rings is 1. The summed E-state index contributed by atoms with van der Waals surface area (Å²) in [5.41, 5.74) is 0.771. The number of nitrogens with one attached hydrogen (secondary N) is 1. The first kappa shape index (κ1) is 12.2. The van der Waals surface area contributed by atoms with Crippen LogP contribution < -0.4 is 9.47 Å². The van der Waals surface area contributed by atoms with E-state index in [0.717, 1.165) is 5.56 Å². The first-order valence-corrected chi connectivity index (χ1v) is 6.15. The van der Waals surface area contributed by atoms with Gasteiger partial charge in [-0.15, -0.1) is 5.10 Å². The third-order valence-electron chi connectivity index (χ3n) is 2.70. The second-order valence-electron chi connectivity index (χ2n) is 4.09. The van der Waals surface area contributed by atoms with Crippen LogP contribution in [0.2, 0.25) is 0 Å². The van der Waals surface area contributed by atoms with Crippen LogP contribution in [0.15, 0.2) is 22.6 Å². The van der Waals surface area contributed by atoms with Gasteiger partial charge in [-0.2, -0.15) is 0 Å². The zero-order valence-electron chi connectivity index (χ0n) is 10.2. The van der Waals surface area contributed by atoms with Crippen molar-refractivity contribution in [2.45, 2.75) is 6.10 Å². The molecule has 1 aliphatic heterocycles. The smallest absolute Gasteiger partial charge is 0.284 e. The number of rotatable bonds is 3. The van der Waals surface area contributed by atoms with E-state index in [0.29, 0.717) is 30.6 Å². The predicted octanol–water partition coefficient (Wildman–Crippen LogP) is 2.19. The Morgan fingerprint density at radius 2 is 2.37 bits per heavy atom. The van der Waals surface area contributed by atoms with E-state index in [-0.39, 0.29) is 10.9 Å². The number of aromatic nitrogens is 2. The Morgan fingerprint density at radius 3 is 3.11 bits per heavy atom. The van der Waals surface area contributed by atoms with Crippen LogP contribution in [-0.2, 0) is 4.74 Å². The molecule has 6 nitrogen and oxygen atoms in total. The Kier molecular flexibility index (Phi) is 3.22. The van der Waals surface area contributed by atoms with E-state index in [2.05, 4.69) is 10.2 Å². The molecule has 1 N–H and O–H groups in total. The third kappa shape index (κ3) is 2.47. The molecule has 0 aliphatic carbocycles. The molecule has 0 amide bonds. The van der Waals surface area contributed by atoms with Gasteiger partial charge < -0.3 is 18.6 Å². The van der Waals surface area contributed by atoms with Crippen LogP contribution >= 0.6 is 12.2 Å². The molecule has 1 aromatic heterocycles. The molecular formula is C12H12N2O4S. The van der Waals surface area contributed by atoms with Crippen molar-refractivity contribution in [2.24, 2.45) is 0 Å². The monoisotopic (exact) mass is 280 g/mol. The van der Waals surface area contributed by atoms with Crippen molar-refractivity contribution in [1.29, 1.82) is 0 Å². The van der Waals surface area contributed by atoms with Crippen LogP contribution in [0.25, 0.3) is 11.5 Å². The molecule has 0 saturated carbocycles. The van der Waals surface area contributed by atoms with Gasteiger partial charge >= 0.3 is 0 Å². The summed E-state index contributed by atoms with van der Waals surface area (Å²) in [6.07, 6.45) is -0.113. The molecule has 100 valence electrons. The normalized spacial score (nSPS) is 17.4. The Labute approximate surface area is 114 Å².